The average molecular weight is 290 g/mol. The van der Waals surface area contributed by atoms with Crippen molar-refractivity contribution in [2.75, 3.05) is 17.1 Å². The summed E-state index contributed by atoms with van der Waals surface area (Å²) in [4.78, 5) is 0.245. The van der Waals surface area contributed by atoms with Gasteiger partial charge in [0, 0.05) is 18.4 Å². The third-order valence-corrected chi connectivity index (χ3v) is 4.61. The van der Waals surface area contributed by atoms with Crippen LogP contribution in [-0.2, 0) is 10.0 Å². The maximum Gasteiger partial charge on any atom is 0.261 e. The first-order valence-electron chi connectivity index (χ1n) is 6.30. The van der Waals surface area contributed by atoms with E-state index in [0.29, 0.717) is 5.69 Å². The number of benzene rings is 2. The van der Waals surface area contributed by atoms with Gasteiger partial charge in [-0.15, -0.1) is 0 Å². The normalized spacial score (nSPS) is 11.2. The van der Waals surface area contributed by atoms with Crippen molar-refractivity contribution in [1.82, 2.24) is 0 Å². The lowest BCUT2D eigenvalue weighted by Crippen LogP contribution is -2.13. The van der Waals surface area contributed by atoms with Gasteiger partial charge in [0.15, 0.2) is 0 Å². The molecule has 0 saturated carbocycles. The van der Waals surface area contributed by atoms with E-state index in [-0.39, 0.29) is 4.90 Å². The highest BCUT2D eigenvalue weighted by Gasteiger charge is 2.14. The number of rotatable bonds is 4. The van der Waals surface area contributed by atoms with E-state index in [4.69, 9.17) is 0 Å². The largest absolute Gasteiger partial charge is 0.388 e. The smallest absolute Gasteiger partial charge is 0.261 e. The highest BCUT2D eigenvalue weighted by Crippen LogP contribution is 2.20. The van der Waals surface area contributed by atoms with E-state index in [9.17, 15) is 8.42 Å². The Morgan fingerprint density at radius 3 is 2.00 bits per heavy atom. The minimum absolute atomic E-state index is 0.245. The molecular formula is C15H18N2O2S. The third-order valence-electron chi connectivity index (χ3n) is 3.21. The van der Waals surface area contributed by atoms with Crippen molar-refractivity contribution in [1.29, 1.82) is 0 Å². The fourth-order valence-corrected chi connectivity index (χ4v) is 2.87. The summed E-state index contributed by atoms with van der Waals surface area (Å²) in [6.45, 7) is 3.94. The molecule has 2 aromatic carbocycles. The van der Waals surface area contributed by atoms with Crippen LogP contribution in [0, 0.1) is 13.8 Å². The Morgan fingerprint density at radius 1 is 0.850 bits per heavy atom. The van der Waals surface area contributed by atoms with Gasteiger partial charge in [-0.1, -0.05) is 6.07 Å². The first-order valence-corrected chi connectivity index (χ1v) is 7.78. The van der Waals surface area contributed by atoms with Gasteiger partial charge in [0.2, 0.25) is 0 Å². The molecule has 2 rings (SSSR count). The van der Waals surface area contributed by atoms with Crippen molar-refractivity contribution in [3.63, 3.8) is 0 Å². The Morgan fingerprint density at radius 2 is 1.45 bits per heavy atom. The minimum Gasteiger partial charge on any atom is -0.388 e. The standard InChI is InChI=1S/C15H18N2O2S/c1-11-4-5-14(10-12(11)2)17-20(18,19)15-8-6-13(16-3)7-9-15/h4-10,16-17H,1-3H3. The van der Waals surface area contributed by atoms with Gasteiger partial charge in [-0.05, 0) is 61.4 Å². The van der Waals surface area contributed by atoms with Crippen LogP contribution in [0.5, 0.6) is 0 Å². The molecule has 0 spiro atoms. The zero-order valence-corrected chi connectivity index (χ0v) is 12.6. The molecular weight excluding hydrogens is 272 g/mol. The van der Waals surface area contributed by atoms with Crippen molar-refractivity contribution >= 4 is 21.4 Å². The van der Waals surface area contributed by atoms with E-state index in [1.54, 1.807) is 37.4 Å². The molecule has 0 aliphatic rings. The molecule has 0 amide bonds. The van der Waals surface area contributed by atoms with Crippen LogP contribution in [0.15, 0.2) is 47.4 Å². The Balaban J connectivity index is 2.27. The summed E-state index contributed by atoms with van der Waals surface area (Å²) < 4.78 is 27.1. The molecule has 0 aliphatic carbocycles. The summed E-state index contributed by atoms with van der Waals surface area (Å²) in [6.07, 6.45) is 0. The Bertz CT molecular complexity index is 707. The van der Waals surface area contributed by atoms with Gasteiger partial charge < -0.3 is 5.32 Å². The van der Waals surface area contributed by atoms with Crippen molar-refractivity contribution < 1.29 is 8.42 Å². The average Bonchev–Trinajstić information content (AvgIpc) is 2.43. The fourth-order valence-electron chi connectivity index (χ4n) is 1.82. The van der Waals surface area contributed by atoms with Crippen LogP contribution in [0.1, 0.15) is 11.1 Å². The van der Waals surface area contributed by atoms with Gasteiger partial charge in [-0.3, -0.25) is 4.72 Å². The number of aryl methyl sites for hydroxylation is 2. The number of nitrogens with one attached hydrogen (secondary N) is 2. The fraction of sp³-hybridized carbons (Fsp3) is 0.200. The quantitative estimate of drug-likeness (QED) is 0.909. The van der Waals surface area contributed by atoms with Crippen LogP contribution < -0.4 is 10.0 Å². The molecule has 106 valence electrons. The van der Waals surface area contributed by atoms with Gasteiger partial charge in [0.05, 0.1) is 4.90 Å². The summed E-state index contributed by atoms with van der Waals surface area (Å²) in [6, 6.07) is 12.1. The Labute approximate surface area is 119 Å². The SMILES string of the molecule is CNc1ccc(S(=O)(=O)Nc2ccc(C)c(C)c2)cc1. The van der Waals surface area contributed by atoms with Crippen LogP contribution in [0.25, 0.3) is 0 Å². The van der Waals surface area contributed by atoms with Crippen LogP contribution in [0.4, 0.5) is 11.4 Å². The molecule has 0 radical (unpaired) electrons. The molecule has 0 atom stereocenters. The predicted molar refractivity (Wildman–Crippen MR) is 82.7 cm³/mol. The molecule has 5 heteroatoms. The number of anilines is 2. The molecule has 0 fully saturated rings. The molecule has 0 aromatic heterocycles. The van der Waals surface area contributed by atoms with Gasteiger partial charge in [0.1, 0.15) is 0 Å². The summed E-state index contributed by atoms with van der Waals surface area (Å²) in [5.41, 5.74) is 3.63. The van der Waals surface area contributed by atoms with Gasteiger partial charge in [0.25, 0.3) is 10.0 Å². The van der Waals surface area contributed by atoms with Gasteiger partial charge in [-0.25, -0.2) is 8.42 Å². The van der Waals surface area contributed by atoms with E-state index >= 15 is 0 Å². The summed E-state index contributed by atoms with van der Waals surface area (Å²) in [7, 11) is -1.76. The molecule has 0 bridgehead atoms. The summed E-state index contributed by atoms with van der Waals surface area (Å²) >= 11 is 0. The second-order valence-electron chi connectivity index (χ2n) is 4.68. The van der Waals surface area contributed by atoms with Crippen LogP contribution in [-0.4, -0.2) is 15.5 Å². The maximum atomic E-state index is 12.3. The lowest BCUT2D eigenvalue weighted by Gasteiger charge is -2.10. The molecule has 0 unspecified atom stereocenters. The van der Waals surface area contributed by atoms with Crippen molar-refractivity contribution in [3.8, 4) is 0 Å². The zero-order chi connectivity index (χ0) is 14.8. The van der Waals surface area contributed by atoms with E-state index in [1.165, 1.54) is 0 Å². The van der Waals surface area contributed by atoms with Crippen molar-refractivity contribution in [3.05, 3.63) is 53.6 Å². The highest BCUT2D eigenvalue weighted by molar-refractivity contribution is 7.92. The second kappa shape index (κ2) is 5.54. The first-order chi connectivity index (χ1) is 9.42. The van der Waals surface area contributed by atoms with Gasteiger partial charge >= 0.3 is 0 Å². The first kappa shape index (κ1) is 14.4. The Hall–Kier alpha value is -2.01. The van der Waals surface area contributed by atoms with E-state index in [0.717, 1.165) is 16.8 Å². The van der Waals surface area contributed by atoms with Crippen LogP contribution in [0.2, 0.25) is 0 Å². The molecule has 2 N–H and O–H groups in total. The molecule has 0 heterocycles. The third kappa shape index (κ3) is 3.11. The zero-order valence-electron chi connectivity index (χ0n) is 11.8. The molecule has 20 heavy (non-hydrogen) atoms. The molecule has 0 aliphatic heterocycles. The topological polar surface area (TPSA) is 58.2 Å². The number of sulfonamides is 1. The maximum absolute atomic E-state index is 12.3. The molecule has 4 nitrogen and oxygen atoms in total. The van der Waals surface area contributed by atoms with Crippen LogP contribution >= 0.6 is 0 Å². The van der Waals surface area contributed by atoms with E-state index in [1.807, 2.05) is 26.0 Å². The number of hydrogen-bond acceptors (Lipinski definition) is 3. The highest BCUT2D eigenvalue weighted by atomic mass is 32.2. The monoisotopic (exact) mass is 290 g/mol. The summed E-state index contributed by atoms with van der Waals surface area (Å²) in [5.74, 6) is 0. The Kier molecular flexibility index (Phi) is 3.99. The number of hydrogen-bond donors (Lipinski definition) is 2. The van der Waals surface area contributed by atoms with E-state index in [2.05, 4.69) is 10.0 Å². The predicted octanol–water partition coefficient (Wildman–Crippen LogP) is 3.15. The molecule has 2 aromatic rings. The van der Waals surface area contributed by atoms with E-state index < -0.39 is 10.0 Å². The molecule has 0 saturated heterocycles. The minimum atomic E-state index is -3.55. The van der Waals surface area contributed by atoms with Crippen LogP contribution in [0.3, 0.4) is 0 Å². The van der Waals surface area contributed by atoms with Crippen molar-refractivity contribution in [2.45, 2.75) is 18.7 Å². The lowest BCUT2D eigenvalue weighted by molar-refractivity contribution is 0.601. The second-order valence-corrected chi connectivity index (χ2v) is 6.36. The van der Waals surface area contributed by atoms with Crippen molar-refractivity contribution in [2.24, 2.45) is 0 Å². The summed E-state index contributed by atoms with van der Waals surface area (Å²) in [5, 5.41) is 2.95. The van der Waals surface area contributed by atoms with Gasteiger partial charge in [-0.2, -0.15) is 0 Å². The lowest BCUT2D eigenvalue weighted by atomic mass is 10.1.